The molecule has 2 N–H and O–H groups in total. The lowest BCUT2D eigenvalue weighted by molar-refractivity contribution is 0.0697. The summed E-state index contributed by atoms with van der Waals surface area (Å²) >= 11 is 2.28. The highest BCUT2D eigenvalue weighted by Gasteiger charge is 2.24. The van der Waals surface area contributed by atoms with Gasteiger partial charge in [-0.3, -0.25) is 4.57 Å². The number of rotatable bonds is 8. The van der Waals surface area contributed by atoms with Gasteiger partial charge in [-0.05, 0) is 66.3 Å². The van der Waals surface area contributed by atoms with E-state index >= 15 is 0 Å². The fourth-order valence-electron chi connectivity index (χ4n) is 3.75. The van der Waals surface area contributed by atoms with E-state index in [-0.39, 0.29) is 5.56 Å². The molecular formula is C21H32IN3O3Si. The fourth-order valence-corrected chi connectivity index (χ4v) is 5.19. The number of fused-ring (bicyclic) bond motifs is 1. The second-order valence-electron chi connectivity index (χ2n) is 9.43. The molecule has 0 spiro atoms. The van der Waals surface area contributed by atoms with Gasteiger partial charge in [0.05, 0.1) is 9.39 Å². The van der Waals surface area contributed by atoms with E-state index in [9.17, 15) is 9.90 Å². The van der Waals surface area contributed by atoms with E-state index in [2.05, 4.69) is 59.5 Å². The van der Waals surface area contributed by atoms with Gasteiger partial charge < -0.3 is 15.2 Å². The van der Waals surface area contributed by atoms with Gasteiger partial charge in [-0.15, -0.1) is 0 Å². The van der Waals surface area contributed by atoms with Gasteiger partial charge in [0.1, 0.15) is 17.9 Å². The summed E-state index contributed by atoms with van der Waals surface area (Å²) in [5.41, 5.74) is 1.71. The van der Waals surface area contributed by atoms with Crippen molar-refractivity contribution in [3.8, 4) is 0 Å². The average Bonchev–Trinajstić information content (AvgIpc) is 2.96. The normalized spacial score (nSPS) is 20.2. The largest absolute Gasteiger partial charge is 0.478 e. The van der Waals surface area contributed by atoms with Crippen LogP contribution in [0.15, 0.2) is 12.3 Å². The Labute approximate surface area is 187 Å². The van der Waals surface area contributed by atoms with Crippen LogP contribution in [0.5, 0.6) is 0 Å². The maximum atomic E-state index is 11.8. The number of pyridine rings is 1. The topological polar surface area (TPSA) is 76.4 Å². The molecule has 0 bridgehead atoms. The molecule has 2 heterocycles. The number of nitrogens with zero attached hydrogens (tertiary/aromatic N) is 2. The first kappa shape index (κ1) is 22.5. The van der Waals surface area contributed by atoms with Crippen molar-refractivity contribution in [3.05, 3.63) is 21.5 Å². The number of carboxylic acid groups (broad SMARTS) is 1. The van der Waals surface area contributed by atoms with Gasteiger partial charge in [0, 0.05) is 32.3 Å². The predicted octanol–water partition coefficient (Wildman–Crippen LogP) is 5.64. The molecule has 1 saturated carbocycles. The van der Waals surface area contributed by atoms with Gasteiger partial charge in [-0.25, -0.2) is 9.78 Å². The number of hydrogen-bond donors (Lipinski definition) is 2. The molecular weight excluding hydrogens is 497 g/mol. The first-order chi connectivity index (χ1) is 13.7. The summed E-state index contributed by atoms with van der Waals surface area (Å²) in [6.45, 7) is 10.5. The van der Waals surface area contributed by atoms with Crippen LogP contribution in [0.3, 0.4) is 0 Å². The number of halogens is 1. The molecule has 0 amide bonds. The summed E-state index contributed by atoms with van der Waals surface area (Å²) in [5.74, 6) is -0.194. The average molecular weight is 529 g/mol. The van der Waals surface area contributed by atoms with E-state index in [1.807, 2.05) is 10.6 Å². The van der Waals surface area contributed by atoms with Crippen molar-refractivity contribution in [2.45, 2.75) is 71.1 Å². The molecule has 1 aliphatic rings. The zero-order valence-corrected chi connectivity index (χ0v) is 21.0. The Balaban J connectivity index is 1.86. The van der Waals surface area contributed by atoms with E-state index in [0.29, 0.717) is 18.5 Å². The Morgan fingerprint density at radius 1 is 1.34 bits per heavy atom. The molecule has 8 heteroatoms. The Hall–Kier alpha value is -1.13. The third-order valence-electron chi connectivity index (χ3n) is 5.68. The molecule has 1 fully saturated rings. The Kier molecular flexibility index (Phi) is 7.26. The number of carboxylic acids is 1. The molecule has 6 nitrogen and oxygen atoms in total. The maximum Gasteiger partial charge on any atom is 0.339 e. The molecule has 2 aromatic rings. The molecule has 3 rings (SSSR count). The van der Waals surface area contributed by atoms with Crippen molar-refractivity contribution in [3.63, 3.8) is 0 Å². The number of anilines is 1. The van der Waals surface area contributed by atoms with Crippen molar-refractivity contribution >= 4 is 53.4 Å². The van der Waals surface area contributed by atoms with E-state index in [1.165, 1.54) is 19.0 Å². The molecule has 1 aliphatic carbocycles. The lowest BCUT2D eigenvalue weighted by Gasteiger charge is -2.28. The monoisotopic (exact) mass is 529 g/mol. The van der Waals surface area contributed by atoms with E-state index in [0.717, 1.165) is 46.1 Å². The summed E-state index contributed by atoms with van der Waals surface area (Å²) in [7, 11) is -1.13. The van der Waals surface area contributed by atoms with E-state index < -0.39 is 14.0 Å². The van der Waals surface area contributed by atoms with Crippen LogP contribution in [0, 0.1) is 9.62 Å². The van der Waals surface area contributed by atoms with Crippen LogP contribution in [0.2, 0.25) is 25.7 Å². The Morgan fingerprint density at radius 3 is 2.66 bits per heavy atom. The van der Waals surface area contributed by atoms with Gasteiger partial charge in [-0.2, -0.15) is 0 Å². The summed E-state index contributed by atoms with van der Waals surface area (Å²) < 4.78 is 8.97. The molecule has 0 aromatic carbocycles. The molecule has 160 valence electrons. The number of aromatic nitrogens is 2. The molecule has 0 atom stereocenters. The number of nitrogens with one attached hydrogen (secondary N) is 1. The van der Waals surface area contributed by atoms with Gasteiger partial charge in [0.25, 0.3) is 0 Å². The van der Waals surface area contributed by atoms with Crippen molar-refractivity contribution in [2.75, 3.05) is 11.9 Å². The van der Waals surface area contributed by atoms with Crippen molar-refractivity contribution in [1.29, 1.82) is 0 Å². The van der Waals surface area contributed by atoms with Crippen LogP contribution in [0.4, 0.5) is 5.69 Å². The van der Waals surface area contributed by atoms with Crippen LogP contribution in [-0.4, -0.2) is 41.3 Å². The van der Waals surface area contributed by atoms with Crippen LogP contribution in [0.1, 0.15) is 43.0 Å². The first-order valence-corrected chi connectivity index (χ1v) is 15.2. The zero-order chi connectivity index (χ0) is 21.2. The van der Waals surface area contributed by atoms with Gasteiger partial charge >= 0.3 is 5.97 Å². The minimum absolute atomic E-state index is 0.240. The quantitative estimate of drug-likeness (QED) is 0.263. The maximum absolute atomic E-state index is 11.8. The third kappa shape index (κ3) is 5.73. The number of hydrogen-bond acceptors (Lipinski definition) is 4. The SMILES string of the molecule is CC1CCC(Nc2c(C(=O)O)cnc3c2cc(I)n3COCC[Si](C)(C)C)CC1. The molecule has 0 unspecified atom stereocenters. The molecule has 2 aromatic heterocycles. The van der Waals surface area contributed by atoms with Crippen molar-refractivity contribution in [1.82, 2.24) is 9.55 Å². The summed E-state index contributed by atoms with van der Waals surface area (Å²) in [4.78, 5) is 16.3. The minimum Gasteiger partial charge on any atom is -0.478 e. The molecule has 29 heavy (non-hydrogen) atoms. The molecule has 0 aliphatic heterocycles. The number of ether oxygens (including phenoxy) is 1. The number of carbonyl (C=O) groups is 1. The van der Waals surface area contributed by atoms with Crippen LogP contribution in [-0.2, 0) is 11.5 Å². The lowest BCUT2D eigenvalue weighted by Crippen LogP contribution is -2.26. The number of aromatic carboxylic acids is 1. The summed E-state index contributed by atoms with van der Waals surface area (Å²) in [6, 6.07) is 3.45. The standard InChI is InChI=1S/C21H32IN3O3Si/c1-14-5-7-15(8-6-14)24-19-16-11-18(22)25(13-28-9-10-29(2,3)4)20(16)23-12-17(19)21(26)27/h11-12,14-15H,5-10,13H2,1-4H3,(H,23,24)(H,26,27). The molecule has 0 radical (unpaired) electrons. The lowest BCUT2D eigenvalue weighted by atomic mass is 9.87. The van der Waals surface area contributed by atoms with Gasteiger partial charge in [0.15, 0.2) is 0 Å². The van der Waals surface area contributed by atoms with Crippen molar-refractivity contribution in [2.24, 2.45) is 5.92 Å². The van der Waals surface area contributed by atoms with E-state index in [4.69, 9.17) is 4.74 Å². The smallest absolute Gasteiger partial charge is 0.339 e. The van der Waals surface area contributed by atoms with Crippen LogP contribution >= 0.6 is 22.6 Å². The van der Waals surface area contributed by atoms with Gasteiger partial charge in [-0.1, -0.05) is 26.6 Å². The molecule has 0 saturated heterocycles. The zero-order valence-electron chi connectivity index (χ0n) is 17.8. The predicted molar refractivity (Wildman–Crippen MR) is 129 cm³/mol. The van der Waals surface area contributed by atoms with Gasteiger partial charge in [0.2, 0.25) is 0 Å². The summed E-state index contributed by atoms with van der Waals surface area (Å²) in [6.07, 6.45) is 5.98. The van der Waals surface area contributed by atoms with Crippen LogP contribution in [0.25, 0.3) is 11.0 Å². The minimum atomic E-state index is -1.13. The second kappa shape index (κ2) is 9.34. The Morgan fingerprint density at radius 2 is 2.03 bits per heavy atom. The Bertz CT molecular complexity index is 870. The van der Waals surface area contributed by atoms with E-state index in [1.54, 1.807) is 0 Å². The van der Waals surface area contributed by atoms with Crippen molar-refractivity contribution < 1.29 is 14.6 Å². The highest BCUT2D eigenvalue weighted by atomic mass is 127. The highest BCUT2D eigenvalue weighted by Crippen LogP contribution is 2.33. The second-order valence-corrected chi connectivity index (χ2v) is 16.2. The first-order valence-electron chi connectivity index (χ1n) is 10.4. The third-order valence-corrected chi connectivity index (χ3v) is 8.28. The van der Waals surface area contributed by atoms with Crippen LogP contribution < -0.4 is 5.32 Å². The fraction of sp³-hybridized carbons (Fsp3) is 0.619. The highest BCUT2D eigenvalue weighted by molar-refractivity contribution is 14.1. The summed E-state index contributed by atoms with van der Waals surface area (Å²) in [5, 5.41) is 14.1.